The Morgan fingerprint density at radius 3 is 2.09 bits per heavy atom. The van der Waals surface area contributed by atoms with Crippen molar-refractivity contribution < 1.29 is 28.5 Å². The molecule has 0 radical (unpaired) electrons. The molecule has 33 heavy (non-hydrogen) atoms. The van der Waals surface area contributed by atoms with Crippen LogP contribution < -0.4 is 29.0 Å². The van der Waals surface area contributed by atoms with Gasteiger partial charge in [0.05, 0.1) is 34.9 Å². The van der Waals surface area contributed by atoms with Gasteiger partial charge in [0, 0.05) is 12.1 Å². The molecule has 0 heterocycles. The van der Waals surface area contributed by atoms with E-state index in [9.17, 15) is 4.79 Å². The van der Waals surface area contributed by atoms with E-state index in [1.807, 2.05) is 48.5 Å². The molecule has 0 bridgehead atoms. The van der Waals surface area contributed by atoms with Crippen LogP contribution in [0.2, 0.25) is 0 Å². The van der Waals surface area contributed by atoms with Gasteiger partial charge in [0.25, 0.3) is 0 Å². The maximum absolute atomic E-state index is 12.6. The fourth-order valence-corrected chi connectivity index (χ4v) is 3.42. The van der Waals surface area contributed by atoms with Crippen LogP contribution in [0, 0.1) is 0 Å². The molecule has 0 aliphatic heterocycles. The third kappa shape index (κ3) is 6.10. The molecular weight excluding hydrogens is 422 g/mol. The lowest BCUT2D eigenvalue weighted by Crippen LogP contribution is -2.24. The van der Waals surface area contributed by atoms with Crippen molar-refractivity contribution in [3.8, 4) is 28.7 Å². The molecule has 3 aromatic carbocycles. The van der Waals surface area contributed by atoms with Gasteiger partial charge in [-0.15, -0.1) is 0 Å². The molecular formula is C26H29NO6. The number of ether oxygens (including phenoxy) is 5. The predicted molar refractivity (Wildman–Crippen MR) is 125 cm³/mol. The van der Waals surface area contributed by atoms with Crippen LogP contribution in [0.3, 0.4) is 0 Å². The Hall–Kier alpha value is -3.87. The molecule has 0 aliphatic rings. The molecule has 7 nitrogen and oxygen atoms in total. The van der Waals surface area contributed by atoms with Crippen molar-refractivity contribution in [3.63, 3.8) is 0 Å². The Morgan fingerprint density at radius 2 is 1.42 bits per heavy atom. The Morgan fingerprint density at radius 1 is 0.727 bits per heavy atom. The summed E-state index contributed by atoms with van der Waals surface area (Å²) in [5, 5.41) is 2.93. The molecule has 0 atom stereocenters. The van der Waals surface area contributed by atoms with Gasteiger partial charge in [-0.05, 0) is 29.3 Å². The highest BCUT2D eigenvalue weighted by Gasteiger charge is 2.18. The third-order valence-corrected chi connectivity index (χ3v) is 5.09. The molecule has 0 spiro atoms. The zero-order chi connectivity index (χ0) is 23.6. The summed E-state index contributed by atoms with van der Waals surface area (Å²) in [5.41, 5.74) is 2.67. The fourth-order valence-electron chi connectivity index (χ4n) is 3.42. The van der Waals surface area contributed by atoms with E-state index < -0.39 is 0 Å². The molecule has 0 aromatic heterocycles. The van der Waals surface area contributed by atoms with Gasteiger partial charge in [0.1, 0.15) is 6.61 Å². The molecule has 3 aromatic rings. The molecule has 0 fully saturated rings. The predicted octanol–water partition coefficient (Wildman–Crippen LogP) is 4.16. The number of amides is 1. The fraction of sp³-hybridized carbons (Fsp3) is 0.269. The number of carbonyl (C=O) groups excluding carboxylic acids is 1. The van der Waals surface area contributed by atoms with E-state index in [4.69, 9.17) is 23.7 Å². The molecule has 0 unspecified atom stereocenters. The van der Waals surface area contributed by atoms with Crippen molar-refractivity contribution >= 4 is 5.91 Å². The van der Waals surface area contributed by atoms with Gasteiger partial charge < -0.3 is 29.0 Å². The topological polar surface area (TPSA) is 75.3 Å². The minimum Gasteiger partial charge on any atom is -0.493 e. The minimum absolute atomic E-state index is 0.138. The highest BCUT2D eigenvalue weighted by Crippen LogP contribution is 2.39. The molecule has 3 rings (SSSR count). The van der Waals surface area contributed by atoms with Crippen molar-refractivity contribution in [2.45, 2.75) is 19.6 Å². The van der Waals surface area contributed by atoms with Gasteiger partial charge in [-0.1, -0.05) is 42.5 Å². The summed E-state index contributed by atoms with van der Waals surface area (Å²) in [6.07, 6.45) is 0.138. The largest absolute Gasteiger partial charge is 0.493 e. The van der Waals surface area contributed by atoms with Crippen molar-refractivity contribution in [3.05, 3.63) is 77.4 Å². The van der Waals surface area contributed by atoms with Gasteiger partial charge >= 0.3 is 0 Å². The molecule has 1 amide bonds. The Balaban J connectivity index is 1.62. The first kappa shape index (κ1) is 23.8. The van der Waals surface area contributed by atoms with Crippen LogP contribution >= 0.6 is 0 Å². The molecule has 0 saturated carbocycles. The first-order valence-electron chi connectivity index (χ1n) is 10.5. The normalized spacial score (nSPS) is 10.3. The summed E-state index contributed by atoms with van der Waals surface area (Å²) in [6, 6.07) is 19.1. The molecule has 7 heteroatoms. The number of hydrogen-bond donors (Lipinski definition) is 1. The summed E-state index contributed by atoms with van der Waals surface area (Å²) in [5.74, 6) is 2.59. The smallest absolute Gasteiger partial charge is 0.224 e. The number of nitrogens with one attached hydrogen (secondary N) is 1. The van der Waals surface area contributed by atoms with E-state index >= 15 is 0 Å². The van der Waals surface area contributed by atoms with Crippen LogP contribution in [0.5, 0.6) is 28.7 Å². The lowest BCUT2D eigenvalue weighted by atomic mass is 10.1. The second-order valence-electron chi connectivity index (χ2n) is 7.21. The monoisotopic (exact) mass is 451 g/mol. The Labute approximate surface area is 194 Å². The van der Waals surface area contributed by atoms with Crippen LogP contribution in [-0.4, -0.2) is 34.3 Å². The summed E-state index contributed by atoms with van der Waals surface area (Å²) in [7, 11) is 6.21. The van der Waals surface area contributed by atoms with Gasteiger partial charge in [-0.3, -0.25) is 4.79 Å². The van der Waals surface area contributed by atoms with Crippen LogP contribution in [-0.2, 0) is 24.4 Å². The summed E-state index contributed by atoms with van der Waals surface area (Å²) >= 11 is 0. The van der Waals surface area contributed by atoms with E-state index in [0.29, 0.717) is 47.5 Å². The van der Waals surface area contributed by atoms with Crippen LogP contribution in [0.15, 0.2) is 60.7 Å². The summed E-state index contributed by atoms with van der Waals surface area (Å²) in [4.78, 5) is 12.6. The van der Waals surface area contributed by atoms with E-state index in [2.05, 4.69) is 5.32 Å². The number of rotatable bonds is 11. The average Bonchev–Trinajstić information content (AvgIpc) is 2.86. The van der Waals surface area contributed by atoms with Crippen molar-refractivity contribution in [2.24, 2.45) is 0 Å². The first-order valence-corrected chi connectivity index (χ1v) is 10.5. The zero-order valence-corrected chi connectivity index (χ0v) is 19.3. The Kier molecular flexibility index (Phi) is 8.41. The summed E-state index contributed by atoms with van der Waals surface area (Å²) in [6.45, 7) is 0.796. The lowest BCUT2D eigenvalue weighted by molar-refractivity contribution is -0.120. The van der Waals surface area contributed by atoms with Crippen molar-refractivity contribution in [1.82, 2.24) is 5.32 Å². The second-order valence-corrected chi connectivity index (χ2v) is 7.21. The van der Waals surface area contributed by atoms with Crippen LogP contribution in [0.4, 0.5) is 0 Å². The molecule has 0 saturated heterocycles. The summed E-state index contributed by atoms with van der Waals surface area (Å²) < 4.78 is 27.5. The van der Waals surface area contributed by atoms with E-state index in [0.717, 1.165) is 11.1 Å². The quantitative estimate of drug-likeness (QED) is 0.472. The molecule has 0 aliphatic carbocycles. The lowest BCUT2D eigenvalue weighted by Gasteiger charge is -2.16. The van der Waals surface area contributed by atoms with Crippen molar-refractivity contribution in [2.75, 3.05) is 28.4 Å². The number of hydrogen-bond acceptors (Lipinski definition) is 6. The maximum atomic E-state index is 12.6. The zero-order valence-electron chi connectivity index (χ0n) is 19.3. The molecule has 174 valence electrons. The van der Waals surface area contributed by atoms with Gasteiger partial charge in [0.15, 0.2) is 23.0 Å². The number of methoxy groups -OCH3 is 4. The van der Waals surface area contributed by atoms with Crippen LogP contribution in [0.1, 0.15) is 16.7 Å². The Bertz CT molecular complexity index is 1070. The highest BCUT2D eigenvalue weighted by atomic mass is 16.5. The van der Waals surface area contributed by atoms with Gasteiger partial charge in [0.2, 0.25) is 11.7 Å². The van der Waals surface area contributed by atoms with Crippen LogP contribution in [0.25, 0.3) is 0 Å². The highest BCUT2D eigenvalue weighted by molar-refractivity contribution is 5.80. The van der Waals surface area contributed by atoms with Gasteiger partial charge in [-0.2, -0.15) is 0 Å². The molecule has 1 N–H and O–H groups in total. The van der Waals surface area contributed by atoms with E-state index in [1.165, 1.54) is 14.2 Å². The minimum atomic E-state index is -0.149. The van der Waals surface area contributed by atoms with Gasteiger partial charge in [-0.25, -0.2) is 0 Å². The third-order valence-electron chi connectivity index (χ3n) is 5.09. The average molecular weight is 452 g/mol. The first-order chi connectivity index (χ1) is 16.1. The second kappa shape index (κ2) is 11.7. The van der Waals surface area contributed by atoms with E-state index in [-0.39, 0.29) is 12.3 Å². The van der Waals surface area contributed by atoms with E-state index in [1.54, 1.807) is 26.4 Å². The number of carbonyl (C=O) groups is 1. The SMILES string of the molecule is COc1cc(CNC(=O)Cc2ccc(OC)c(OC)c2OC)ccc1OCc1ccccc1. The maximum Gasteiger partial charge on any atom is 0.224 e. The number of benzene rings is 3. The standard InChI is InChI=1S/C26H29NO6/c1-29-22-13-11-20(25(31-3)26(22)32-4)15-24(28)27-16-19-10-12-21(23(14-19)30-2)33-17-18-8-6-5-7-9-18/h5-14H,15-17H2,1-4H3,(H,27,28). The van der Waals surface area contributed by atoms with Crippen molar-refractivity contribution in [1.29, 1.82) is 0 Å².